The molecule has 0 atom stereocenters. The number of aliphatic hydroxyl groups excluding tert-OH is 1. The van der Waals surface area contributed by atoms with E-state index in [0.717, 1.165) is 0 Å². The smallest absolute Gasteiger partial charge is 0.491 e. The number of rotatable bonds is 4. The van der Waals surface area contributed by atoms with Gasteiger partial charge >= 0.3 is 12.1 Å². The first-order valence-electron chi connectivity index (χ1n) is 6.32. The zero-order valence-electron chi connectivity index (χ0n) is 12.0. The van der Waals surface area contributed by atoms with Gasteiger partial charge in [0.25, 0.3) is 0 Å². The minimum absolute atomic E-state index is 0.0507. The molecule has 7 heteroatoms. The number of phenolic OH excluding ortho intramolecular Hbond substituents is 1. The van der Waals surface area contributed by atoms with E-state index in [2.05, 4.69) is 4.74 Å². The zero-order valence-corrected chi connectivity index (χ0v) is 12.0. The van der Waals surface area contributed by atoms with E-state index in [0.29, 0.717) is 17.5 Å². The molecule has 1 aromatic carbocycles. The molecule has 0 fully saturated rings. The molecule has 1 rings (SSSR count). The maximum atomic E-state index is 12.3. The molecule has 118 valence electrons. The van der Waals surface area contributed by atoms with Gasteiger partial charge in [-0.1, -0.05) is 0 Å². The van der Waals surface area contributed by atoms with Crippen LogP contribution in [0.15, 0.2) is 0 Å². The van der Waals surface area contributed by atoms with Gasteiger partial charge in [0.2, 0.25) is 0 Å². The Morgan fingerprint density at radius 2 is 1.71 bits per heavy atom. The van der Waals surface area contributed by atoms with Crippen LogP contribution in [0.5, 0.6) is 11.5 Å². The lowest BCUT2D eigenvalue weighted by atomic mass is 9.94. The van der Waals surface area contributed by atoms with E-state index in [1.807, 2.05) is 0 Å². The van der Waals surface area contributed by atoms with Crippen molar-refractivity contribution in [2.24, 2.45) is 0 Å². The highest BCUT2D eigenvalue weighted by Gasteiger charge is 2.42. The Labute approximate surface area is 120 Å². The minimum atomic E-state index is -5.09. The molecule has 0 radical (unpaired) electrons. The van der Waals surface area contributed by atoms with Crippen LogP contribution in [0.3, 0.4) is 0 Å². The Balaban J connectivity index is 3.32. The van der Waals surface area contributed by atoms with Crippen molar-refractivity contribution in [3.05, 3.63) is 22.3 Å². The number of benzene rings is 1. The van der Waals surface area contributed by atoms with Gasteiger partial charge in [-0.2, -0.15) is 13.2 Å². The summed E-state index contributed by atoms with van der Waals surface area (Å²) >= 11 is 0. The molecule has 4 nitrogen and oxygen atoms in total. The highest BCUT2D eigenvalue weighted by Crippen LogP contribution is 2.38. The summed E-state index contributed by atoms with van der Waals surface area (Å²) < 4.78 is 41.4. The van der Waals surface area contributed by atoms with E-state index in [1.165, 1.54) is 20.8 Å². The van der Waals surface area contributed by atoms with Crippen molar-refractivity contribution >= 4 is 5.97 Å². The van der Waals surface area contributed by atoms with Crippen LogP contribution in [-0.2, 0) is 11.2 Å². The van der Waals surface area contributed by atoms with Crippen LogP contribution in [0, 0.1) is 20.8 Å². The van der Waals surface area contributed by atoms with E-state index in [-0.39, 0.29) is 35.7 Å². The molecule has 0 saturated carbocycles. The number of esters is 1. The summed E-state index contributed by atoms with van der Waals surface area (Å²) in [6, 6.07) is 0. The summed E-state index contributed by atoms with van der Waals surface area (Å²) in [6.07, 6.45) is -4.48. The average Bonchev–Trinajstić information content (AvgIpc) is 2.40. The summed E-state index contributed by atoms with van der Waals surface area (Å²) in [5, 5.41) is 18.9. The predicted molar refractivity (Wildman–Crippen MR) is 69.4 cm³/mol. The maximum absolute atomic E-state index is 12.3. The number of ether oxygens (including phenoxy) is 1. The number of phenols is 1. The molecule has 21 heavy (non-hydrogen) atoms. The number of carbonyl (C=O) groups is 1. The molecule has 0 aromatic heterocycles. The van der Waals surface area contributed by atoms with Crippen molar-refractivity contribution < 1.29 is 32.9 Å². The fourth-order valence-electron chi connectivity index (χ4n) is 2.04. The first kappa shape index (κ1) is 17.3. The lowest BCUT2D eigenvalue weighted by Crippen LogP contribution is -2.28. The van der Waals surface area contributed by atoms with E-state index >= 15 is 0 Å². The molecular weight excluding hydrogens is 289 g/mol. The monoisotopic (exact) mass is 306 g/mol. The molecule has 0 aliphatic rings. The highest BCUT2D eigenvalue weighted by atomic mass is 19.4. The standard InChI is InChI=1S/C14H17F3O4/c1-7-8(2)12(21-13(20)14(15,16)17)9(3)10(11(7)19)5-4-6-18/h18-19H,4-6H2,1-3H3. The van der Waals surface area contributed by atoms with Gasteiger partial charge in [-0.3, -0.25) is 0 Å². The van der Waals surface area contributed by atoms with Crippen molar-refractivity contribution in [1.82, 2.24) is 0 Å². The van der Waals surface area contributed by atoms with E-state index in [9.17, 15) is 23.1 Å². The molecule has 2 N–H and O–H groups in total. The summed E-state index contributed by atoms with van der Waals surface area (Å²) in [5.74, 6) is -2.54. The topological polar surface area (TPSA) is 66.8 Å². The van der Waals surface area contributed by atoms with Crippen molar-refractivity contribution in [2.75, 3.05) is 6.61 Å². The Morgan fingerprint density at radius 1 is 1.14 bits per heavy atom. The second kappa shape index (κ2) is 6.34. The third kappa shape index (κ3) is 3.66. The van der Waals surface area contributed by atoms with E-state index < -0.39 is 12.1 Å². The van der Waals surface area contributed by atoms with E-state index in [1.54, 1.807) is 0 Å². The molecule has 0 heterocycles. The van der Waals surface area contributed by atoms with Crippen LogP contribution in [0.4, 0.5) is 13.2 Å². The van der Waals surface area contributed by atoms with Gasteiger partial charge in [0.05, 0.1) is 0 Å². The predicted octanol–water partition coefficient (Wildman–Crippen LogP) is 2.71. The molecule has 1 aromatic rings. The molecule has 0 saturated heterocycles. The number of alkyl halides is 3. The Morgan fingerprint density at radius 3 is 2.19 bits per heavy atom. The zero-order chi connectivity index (χ0) is 16.4. The quantitative estimate of drug-likeness (QED) is 0.663. The molecule has 0 unspecified atom stereocenters. The van der Waals surface area contributed by atoms with Gasteiger partial charge in [0, 0.05) is 12.2 Å². The number of aliphatic hydroxyl groups is 1. The van der Waals surface area contributed by atoms with Crippen molar-refractivity contribution in [1.29, 1.82) is 0 Å². The normalized spacial score (nSPS) is 11.6. The summed E-state index contributed by atoms with van der Waals surface area (Å²) in [7, 11) is 0. The maximum Gasteiger partial charge on any atom is 0.491 e. The van der Waals surface area contributed by atoms with Crippen LogP contribution in [0.1, 0.15) is 28.7 Å². The second-order valence-electron chi connectivity index (χ2n) is 4.75. The molecule has 0 aliphatic carbocycles. The van der Waals surface area contributed by atoms with Crippen LogP contribution >= 0.6 is 0 Å². The third-order valence-corrected chi connectivity index (χ3v) is 3.35. The number of halogens is 3. The number of hydrogen-bond donors (Lipinski definition) is 2. The lowest BCUT2D eigenvalue weighted by Gasteiger charge is -2.19. The average molecular weight is 306 g/mol. The highest BCUT2D eigenvalue weighted by molar-refractivity contribution is 5.79. The third-order valence-electron chi connectivity index (χ3n) is 3.35. The molecule has 0 aliphatic heterocycles. The molecule has 0 spiro atoms. The summed E-state index contributed by atoms with van der Waals surface area (Å²) in [6.45, 7) is 4.34. The first-order chi connectivity index (χ1) is 9.61. The summed E-state index contributed by atoms with van der Waals surface area (Å²) in [4.78, 5) is 11.0. The fraction of sp³-hybridized carbons (Fsp3) is 0.500. The molecule has 0 amide bonds. The van der Waals surface area contributed by atoms with Crippen molar-refractivity contribution in [2.45, 2.75) is 39.8 Å². The first-order valence-corrected chi connectivity index (χ1v) is 6.32. The van der Waals surface area contributed by atoms with Crippen LogP contribution in [0.25, 0.3) is 0 Å². The van der Waals surface area contributed by atoms with Crippen LogP contribution in [0.2, 0.25) is 0 Å². The van der Waals surface area contributed by atoms with Crippen LogP contribution < -0.4 is 4.74 Å². The Kier molecular flexibility index (Phi) is 5.22. The second-order valence-corrected chi connectivity index (χ2v) is 4.75. The number of hydrogen-bond acceptors (Lipinski definition) is 4. The number of aromatic hydroxyl groups is 1. The van der Waals surface area contributed by atoms with Gasteiger partial charge in [-0.15, -0.1) is 0 Å². The van der Waals surface area contributed by atoms with Crippen LogP contribution in [-0.4, -0.2) is 29.0 Å². The Bertz CT molecular complexity index is 550. The van der Waals surface area contributed by atoms with Gasteiger partial charge in [-0.05, 0) is 50.3 Å². The Hall–Kier alpha value is -1.76. The molecular formula is C14H17F3O4. The van der Waals surface area contributed by atoms with E-state index in [4.69, 9.17) is 5.11 Å². The minimum Gasteiger partial charge on any atom is -0.507 e. The SMILES string of the molecule is Cc1c(C)c(OC(=O)C(F)(F)F)c(C)c(CCCO)c1O. The molecule has 0 bridgehead atoms. The van der Waals surface area contributed by atoms with Gasteiger partial charge < -0.3 is 14.9 Å². The summed E-state index contributed by atoms with van der Waals surface area (Å²) in [5.41, 5.74) is 1.26. The fourth-order valence-corrected chi connectivity index (χ4v) is 2.04. The number of carbonyl (C=O) groups excluding carboxylic acids is 1. The van der Waals surface area contributed by atoms with Gasteiger partial charge in [0.15, 0.2) is 0 Å². The lowest BCUT2D eigenvalue weighted by molar-refractivity contribution is -0.189. The van der Waals surface area contributed by atoms with Gasteiger partial charge in [0.1, 0.15) is 11.5 Å². The van der Waals surface area contributed by atoms with Crippen molar-refractivity contribution in [3.8, 4) is 11.5 Å². The van der Waals surface area contributed by atoms with Gasteiger partial charge in [-0.25, -0.2) is 4.79 Å². The van der Waals surface area contributed by atoms with Crippen molar-refractivity contribution in [3.63, 3.8) is 0 Å². The largest absolute Gasteiger partial charge is 0.507 e.